The van der Waals surface area contributed by atoms with Gasteiger partial charge in [0.25, 0.3) is 5.91 Å². The predicted octanol–water partition coefficient (Wildman–Crippen LogP) is 0.375. The van der Waals surface area contributed by atoms with Crippen molar-refractivity contribution in [2.45, 2.75) is 24.3 Å². The molecule has 0 aromatic rings. The Balaban J connectivity index is 1.79. The largest absolute Gasteiger partial charge is 0.477 e. The first-order chi connectivity index (χ1) is 9.00. The van der Waals surface area contributed by atoms with Crippen molar-refractivity contribution in [2.24, 2.45) is 0 Å². The molecule has 2 fully saturated rings. The number of carbonyl (C=O) groups excluding carboxylic acids is 2. The van der Waals surface area contributed by atoms with Gasteiger partial charge in [-0.3, -0.25) is 14.5 Å². The van der Waals surface area contributed by atoms with E-state index in [-0.39, 0.29) is 28.9 Å². The van der Waals surface area contributed by atoms with Crippen LogP contribution in [0.4, 0.5) is 0 Å². The number of rotatable bonds is 2. The van der Waals surface area contributed by atoms with Crippen LogP contribution in [0.25, 0.3) is 0 Å². The molecule has 2 amide bonds. The SMILES string of the molecule is CN1C(=O)CCC1/C=C1/C(=O)N2C(C(=O)O)=CS[C@H]12. The van der Waals surface area contributed by atoms with Crippen LogP contribution in [0.1, 0.15) is 12.8 Å². The van der Waals surface area contributed by atoms with E-state index in [2.05, 4.69) is 0 Å². The number of carboxylic acid groups (broad SMARTS) is 1. The Kier molecular flexibility index (Phi) is 2.67. The van der Waals surface area contributed by atoms with E-state index in [0.29, 0.717) is 18.4 Å². The number of carboxylic acids is 1. The summed E-state index contributed by atoms with van der Waals surface area (Å²) in [7, 11) is 1.72. The summed E-state index contributed by atoms with van der Waals surface area (Å²) in [5.41, 5.74) is 0.636. The van der Waals surface area contributed by atoms with Gasteiger partial charge >= 0.3 is 5.97 Å². The quantitative estimate of drug-likeness (QED) is 0.584. The van der Waals surface area contributed by atoms with Gasteiger partial charge in [-0.1, -0.05) is 6.08 Å². The van der Waals surface area contributed by atoms with Gasteiger partial charge in [-0.25, -0.2) is 4.79 Å². The normalized spacial score (nSPS) is 31.6. The molecule has 3 aliphatic heterocycles. The maximum Gasteiger partial charge on any atom is 0.353 e. The summed E-state index contributed by atoms with van der Waals surface area (Å²) in [6.45, 7) is 0. The van der Waals surface area contributed by atoms with Gasteiger partial charge in [-0.15, -0.1) is 11.8 Å². The predicted molar refractivity (Wildman–Crippen MR) is 67.8 cm³/mol. The highest BCUT2D eigenvalue weighted by molar-refractivity contribution is 8.03. The van der Waals surface area contributed by atoms with Crippen molar-refractivity contribution in [2.75, 3.05) is 7.05 Å². The number of nitrogens with zero attached hydrogens (tertiary/aromatic N) is 2. The van der Waals surface area contributed by atoms with Gasteiger partial charge < -0.3 is 10.0 Å². The van der Waals surface area contributed by atoms with Gasteiger partial charge in [0.2, 0.25) is 5.91 Å². The third kappa shape index (κ3) is 1.68. The van der Waals surface area contributed by atoms with E-state index < -0.39 is 5.97 Å². The molecule has 2 saturated heterocycles. The summed E-state index contributed by atoms with van der Waals surface area (Å²) in [5.74, 6) is -1.28. The van der Waals surface area contributed by atoms with Crippen LogP contribution in [0.5, 0.6) is 0 Å². The fraction of sp³-hybridized carbons (Fsp3) is 0.417. The average Bonchev–Trinajstić information content (AvgIpc) is 2.90. The van der Waals surface area contributed by atoms with Crippen molar-refractivity contribution < 1.29 is 19.5 Å². The summed E-state index contributed by atoms with van der Waals surface area (Å²) < 4.78 is 0. The molecule has 2 atom stereocenters. The zero-order valence-corrected chi connectivity index (χ0v) is 11.0. The number of hydrogen-bond donors (Lipinski definition) is 1. The number of fused-ring (bicyclic) bond motifs is 1. The van der Waals surface area contributed by atoms with E-state index in [1.165, 1.54) is 22.1 Å². The third-order valence-electron chi connectivity index (χ3n) is 3.67. The van der Waals surface area contributed by atoms with E-state index in [9.17, 15) is 14.4 Å². The standard InChI is InChI=1S/C12H12N2O4S/c1-13-6(2-3-9(13)15)4-7-10(16)14-8(12(17)18)5-19-11(7)14/h4-6,11H,2-3H2,1H3,(H,17,18)/b7-4-/t6?,11-/m1/s1. The van der Waals surface area contributed by atoms with Gasteiger partial charge in [0.05, 0.1) is 6.04 Å². The zero-order chi connectivity index (χ0) is 13.7. The van der Waals surface area contributed by atoms with Crippen LogP contribution >= 0.6 is 11.8 Å². The van der Waals surface area contributed by atoms with Crippen molar-refractivity contribution in [1.29, 1.82) is 0 Å². The minimum atomic E-state index is -1.09. The number of aliphatic carboxylic acids is 1. The Bertz CT molecular complexity index is 554. The van der Waals surface area contributed by atoms with Gasteiger partial charge in [-0.05, 0) is 6.42 Å². The summed E-state index contributed by atoms with van der Waals surface area (Å²) in [6, 6.07) is -0.0527. The number of likely N-dealkylation sites (N-methyl/N-ethyl adjacent to an activating group) is 1. The van der Waals surface area contributed by atoms with Crippen molar-refractivity contribution in [3.63, 3.8) is 0 Å². The lowest BCUT2D eigenvalue weighted by Crippen LogP contribution is -2.51. The third-order valence-corrected chi connectivity index (χ3v) is 4.75. The zero-order valence-electron chi connectivity index (χ0n) is 10.2. The number of β-lactam (4-membered cyclic amide) rings is 1. The van der Waals surface area contributed by atoms with Gasteiger partial charge in [0.1, 0.15) is 11.1 Å². The van der Waals surface area contributed by atoms with Crippen molar-refractivity contribution in [3.05, 3.63) is 22.8 Å². The molecule has 0 aliphatic carbocycles. The highest BCUT2D eigenvalue weighted by atomic mass is 32.2. The topological polar surface area (TPSA) is 77.9 Å². The molecule has 0 bridgehead atoms. The second-order valence-corrected chi connectivity index (χ2v) is 5.66. The molecule has 0 radical (unpaired) electrons. The Morgan fingerprint density at radius 1 is 1.53 bits per heavy atom. The Morgan fingerprint density at radius 3 is 2.84 bits per heavy atom. The fourth-order valence-electron chi connectivity index (χ4n) is 2.52. The fourth-order valence-corrected chi connectivity index (χ4v) is 3.64. The second-order valence-electron chi connectivity index (χ2n) is 4.70. The summed E-state index contributed by atoms with van der Waals surface area (Å²) in [5, 5.41) is 10.2. The van der Waals surface area contributed by atoms with Gasteiger partial charge in [-0.2, -0.15) is 0 Å². The van der Waals surface area contributed by atoms with Crippen molar-refractivity contribution in [3.8, 4) is 0 Å². The molecule has 6 nitrogen and oxygen atoms in total. The molecule has 3 heterocycles. The Labute approximate surface area is 113 Å². The molecule has 0 spiro atoms. The maximum absolute atomic E-state index is 12.0. The van der Waals surface area contributed by atoms with Gasteiger partial charge in [0, 0.05) is 24.4 Å². The van der Waals surface area contributed by atoms with E-state index >= 15 is 0 Å². The lowest BCUT2D eigenvalue weighted by molar-refractivity contribution is -0.141. The van der Waals surface area contributed by atoms with Crippen LogP contribution < -0.4 is 0 Å². The monoisotopic (exact) mass is 280 g/mol. The van der Waals surface area contributed by atoms with Crippen molar-refractivity contribution >= 4 is 29.5 Å². The molecule has 3 aliphatic rings. The Hall–Kier alpha value is -1.76. The van der Waals surface area contributed by atoms with Gasteiger partial charge in [0.15, 0.2) is 0 Å². The molecule has 0 saturated carbocycles. The van der Waals surface area contributed by atoms with E-state index in [4.69, 9.17) is 5.11 Å². The first-order valence-corrected chi connectivity index (χ1v) is 6.85. The van der Waals surface area contributed by atoms with E-state index in [1.54, 1.807) is 18.0 Å². The Morgan fingerprint density at radius 2 is 2.26 bits per heavy atom. The van der Waals surface area contributed by atoms with Crippen LogP contribution in [0, 0.1) is 0 Å². The minimum Gasteiger partial charge on any atom is -0.477 e. The number of amides is 2. The molecule has 1 unspecified atom stereocenters. The molecular formula is C12H12N2O4S. The number of thioether (sulfide) groups is 1. The number of hydrogen-bond acceptors (Lipinski definition) is 4. The second kappa shape index (κ2) is 4.12. The van der Waals surface area contributed by atoms with Crippen LogP contribution in [0.2, 0.25) is 0 Å². The summed E-state index contributed by atoms with van der Waals surface area (Å²) in [6.07, 6.45) is 3.02. The van der Waals surface area contributed by atoms with Crippen LogP contribution in [-0.2, 0) is 14.4 Å². The average molecular weight is 280 g/mol. The van der Waals surface area contributed by atoms with Crippen LogP contribution in [0.15, 0.2) is 22.8 Å². The van der Waals surface area contributed by atoms with Crippen LogP contribution in [-0.4, -0.2) is 51.2 Å². The molecule has 0 aromatic heterocycles. The highest BCUT2D eigenvalue weighted by Gasteiger charge is 2.50. The number of likely N-dealkylation sites (tertiary alicyclic amines) is 1. The first-order valence-electron chi connectivity index (χ1n) is 5.90. The van der Waals surface area contributed by atoms with E-state index in [1.807, 2.05) is 0 Å². The molecule has 1 N–H and O–H groups in total. The molecule has 19 heavy (non-hydrogen) atoms. The minimum absolute atomic E-state index is 0.0352. The lowest BCUT2D eigenvalue weighted by Gasteiger charge is -2.38. The number of carbonyl (C=O) groups is 3. The molecule has 7 heteroatoms. The summed E-state index contributed by atoms with van der Waals surface area (Å²) in [4.78, 5) is 37.3. The highest BCUT2D eigenvalue weighted by Crippen LogP contribution is 2.44. The van der Waals surface area contributed by atoms with E-state index in [0.717, 1.165) is 0 Å². The molecule has 0 aromatic carbocycles. The summed E-state index contributed by atoms with van der Waals surface area (Å²) >= 11 is 1.32. The maximum atomic E-state index is 12.0. The van der Waals surface area contributed by atoms with Crippen LogP contribution in [0.3, 0.4) is 0 Å². The first kappa shape index (κ1) is 12.3. The molecule has 3 rings (SSSR count). The molecular weight excluding hydrogens is 268 g/mol. The smallest absolute Gasteiger partial charge is 0.353 e. The molecule has 100 valence electrons. The van der Waals surface area contributed by atoms with Crippen molar-refractivity contribution in [1.82, 2.24) is 9.80 Å². The lowest BCUT2D eigenvalue weighted by atomic mass is 10.0.